The third kappa shape index (κ3) is 26.2. The molecule has 3 unspecified atom stereocenters. The van der Waals surface area contributed by atoms with Crippen molar-refractivity contribution >= 4 is 52.9 Å². The maximum Gasteiger partial charge on any atom is 0.452 e. The zero-order chi connectivity index (χ0) is 60.3. The second kappa shape index (κ2) is 36.7. The fraction of sp³-hybridized carbons (Fsp3) is 0.263. The first kappa shape index (κ1) is 67.7. The Morgan fingerprint density at radius 3 is 1.38 bits per heavy atom. The van der Waals surface area contributed by atoms with Crippen molar-refractivity contribution in [3.63, 3.8) is 0 Å². The summed E-state index contributed by atoms with van der Waals surface area (Å²) in [6.07, 6.45) is -8.57. The summed E-state index contributed by atoms with van der Waals surface area (Å²) in [5.41, 5.74) is 4.43. The summed E-state index contributed by atoms with van der Waals surface area (Å²) in [5, 5.41) is 18.9. The average Bonchev–Trinajstić information content (AvgIpc) is 3.48. The second-order valence-corrected chi connectivity index (χ2v) is 17.2. The van der Waals surface area contributed by atoms with Crippen molar-refractivity contribution in [3.05, 3.63) is 203 Å². The number of nitrogens with one attached hydrogen (secondary N) is 6. The number of ether oxygens (including phenoxy) is 3. The number of amides is 5. The molecule has 82 heavy (non-hydrogen) atoms. The molecule has 438 valence electrons. The van der Waals surface area contributed by atoms with Gasteiger partial charge in [-0.25, -0.2) is 10.3 Å². The Morgan fingerprint density at radius 2 is 0.951 bits per heavy atom. The van der Waals surface area contributed by atoms with Gasteiger partial charge in [0.2, 0.25) is 0 Å². The van der Waals surface area contributed by atoms with E-state index in [2.05, 4.69) is 26.3 Å². The number of methoxy groups -OCH3 is 2. The van der Waals surface area contributed by atoms with E-state index in [0.29, 0.717) is 48.7 Å². The Labute approximate surface area is 473 Å². The molecular formula is C57H60ClF6N7O11. The summed E-state index contributed by atoms with van der Waals surface area (Å²) in [6, 6.07) is 41.5. The van der Waals surface area contributed by atoms with Gasteiger partial charge in [-0.2, -0.15) is 26.3 Å². The molecule has 0 spiro atoms. The van der Waals surface area contributed by atoms with Gasteiger partial charge in [0.15, 0.2) is 6.61 Å². The van der Waals surface area contributed by atoms with E-state index in [1.54, 1.807) is 129 Å². The Balaban J connectivity index is 0.000000289. The highest BCUT2D eigenvalue weighted by molar-refractivity contribution is 6.15. The second-order valence-electron chi connectivity index (χ2n) is 17.0. The number of rotatable bonds is 24. The number of para-hydroxylation sites is 1. The summed E-state index contributed by atoms with van der Waals surface area (Å²) in [5.74, 6) is -5.66. The van der Waals surface area contributed by atoms with E-state index in [1.807, 2.05) is 41.2 Å². The molecule has 1 aromatic heterocycles. The summed E-state index contributed by atoms with van der Waals surface area (Å²) in [7, 11) is 3.12. The molecule has 0 aliphatic rings. The van der Waals surface area contributed by atoms with E-state index in [0.717, 1.165) is 5.56 Å². The number of ketones is 2. The van der Waals surface area contributed by atoms with Gasteiger partial charge in [-0.15, -0.1) is 0 Å². The highest BCUT2D eigenvalue weighted by Gasteiger charge is 2.44. The highest BCUT2D eigenvalue weighted by Crippen LogP contribution is 2.22. The van der Waals surface area contributed by atoms with Crippen LogP contribution in [0.3, 0.4) is 0 Å². The Hall–Kier alpha value is -8.55. The molecule has 6 rings (SSSR count). The van der Waals surface area contributed by atoms with Gasteiger partial charge in [-0.3, -0.25) is 43.8 Å². The average molecular weight is 1170 g/mol. The third-order valence-electron chi connectivity index (χ3n) is 10.8. The number of halogens is 7. The molecule has 7 N–H and O–H groups in total. The van der Waals surface area contributed by atoms with Crippen molar-refractivity contribution in [2.45, 2.75) is 49.7 Å². The molecular weight excluding hydrogens is 1110 g/mol. The molecule has 0 bridgehead atoms. The number of nitrogens with zero attached hydrogens (tertiary/aromatic N) is 1. The largest absolute Gasteiger partial charge is 0.484 e. The Morgan fingerprint density at radius 1 is 0.524 bits per heavy atom. The van der Waals surface area contributed by atoms with Crippen molar-refractivity contribution < 1.29 is 79.3 Å². The minimum atomic E-state index is -5.01. The molecule has 0 aliphatic carbocycles. The van der Waals surface area contributed by atoms with Gasteiger partial charge in [0, 0.05) is 51.9 Å². The van der Waals surface area contributed by atoms with Gasteiger partial charge in [0.25, 0.3) is 41.1 Å². The number of alkyl halides is 6. The van der Waals surface area contributed by atoms with Crippen LogP contribution in [0.25, 0.3) is 0 Å². The molecule has 5 aromatic carbocycles. The SMILES string of the molecule is COCCNC(=O)c1ccc(C(=O)NCCOC)nc1.O=C(C(Cc1ccccc1)NCl)C(F)(F)F.O=C(COc1ccccc1)NC(Cc1ccccc1)C(=O)NO.O=C(NC(Cc1ccccc1)C(=O)C(F)(F)F)c1ccccc1. The molecule has 0 radical (unpaired) electrons. The fourth-order valence-electron chi connectivity index (χ4n) is 6.74. The first-order chi connectivity index (χ1) is 39.2. The van der Waals surface area contributed by atoms with E-state index in [4.69, 9.17) is 31.2 Å². The van der Waals surface area contributed by atoms with Crippen LogP contribution in [-0.4, -0.2) is 129 Å². The molecule has 5 amide bonds. The van der Waals surface area contributed by atoms with Gasteiger partial charge in [0.1, 0.15) is 23.5 Å². The van der Waals surface area contributed by atoms with Gasteiger partial charge >= 0.3 is 12.4 Å². The van der Waals surface area contributed by atoms with Gasteiger partial charge in [0.05, 0.1) is 24.8 Å². The van der Waals surface area contributed by atoms with Crippen LogP contribution >= 0.6 is 11.8 Å². The van der Waals surface area contributed by atoms with Crippen LogP contribution in [0.2, 0.25) is 0 Å². The molecule has 18 nitrogen and oxygen atoms in total. The Bertz CT molecular complexity index is 2830. The summed E-state index contributed by atoms with van der Waals surface area (Å²) < 4.78 is 89.7. The molecule has 3 atom stereocenters. The number of hydrogen-bond acceptors (Lipinski definition) is 13. The third-order valence-corrected chi connectivity index (χ3v) is 11.1. The number of carbonyl (C=O) groups excluding carboxylic acids is 7. The number of benzene rings is 5. The van der Waals surface area contributed by atoms with Crippen LogP contribution in [0.1, 0.15) is 47.9 Å². The molecule has 6 aromatic rings. The lowest BCUT2D eigenvalue weighted by Crippen LogP contribution is -2.48. The zero-order valence-electron chi connectivity index (χ0n) is 44.2. The Kier molecular flexibility index (Phi) is 30.3. The van der Waals surface area contributed by atoms with Crippen LogP contribution in [0.5, 0.6) is 5.75 Å². The minimum Gasteiger partial charge on any atom is -0.484 e. The van der Waals surface area contributed by atoms with Crippen LogP contribution in [0.4, 0.5) is 26.3 Å². The molecule has 0 saturated heterocycles. The number of pyridine rings is 1. The van der Waals surface area contributed by atoms with Gasteiger partial charge < -0.3 is 35.5 Å². The van der Waals surface area contributed by atoms with E-state index in [1.165, 1.54) is 24.4 Å². The monoisotopic (exact) mass is 1170 g/mol. The lowest BCUT2D eigenvalue weighted by atomic mass is 10.0. The number of aromatic nitrogens is 1. The van der Waals surface area contributed by atoms with Crippen molar-refractivity contribution in [1.82, 2.24) is 36.6 Å². The fourth-order valence-corrected chi connectivity index (χ4v) is 6.92. The number of hydrogen-bond donors (Lipinski definition) is 7. The summed E-state index contributed by atoms with van der Waals surface area (Å²) in [6.45, 7) is 1.50. The molecule has 1 heterocycles. The predicted molar refractivity (Wildman–Crippen MR) is 289 cm³/mol. The summed E-state index contributed by atoms with van der Waals surface area (Å²) in [4.78, 5) is 87.4. The van der Waals surface area contributed by atoms with Crippen molar-refractivity contribution in [2.75, 3.05) is 47.1 Å². The van der Waals surface area contributed by atoms with Gasteiger partial charge in [-0.1, -0.05) is 127 Å². The van der Waals surface area contributed by atoms with Crippen LogP contribution in [-0.2, 0) is 47.9 Å². The highest BCUT2D eigenvalue weighted by atomic mass is 35.5. The number of hydroxylamine groups is 1. The first-order valence-corrected chi connectivity index (χ1v) is 25.1. The van der Waals surface area contributed by atoms with Gasteiger partial charge in [-0.05, 0) is 71.3 Å². The van der Waals surface area contributed by atoms with Crippen LogP contribution in [0.15, 0.2) is 170 Å². The van der Waals surface area contributed by atoms with Crippen molar-refractivity contribution in [3.8, 4) is 5.75 Å². The zero-order valence-corrected chi connectivity index (χ0v) is 44.9. The quantitative estimate of drug-likeness (QED) is 0.0109. The van der Waals surface area contributed by atoms with E-state index in [9.17, 15) is 59.9 Å². The standard InChI is InChI=1S/C17H14F3NO2.C17H18N2O4.C13H19N3O4.C10H9ClF3NO/c18-17(19,20)15(22)14(11-12-7-3-1-4-8-12)21-16(23)13-9-5-2-6-10-13;20-16(12-23-14-9-5-2-6-10-14)18-15(17(21)19-22)11-13-7-3-1-4-8-13;1-19-7-5-14-12(17)10-3-4-11(16-9-10)13(18)15-6-8-20-2;11-15-8(9(16)10(12,13)14)6-7-4-2-1-3-5-7/h1-10,14H,11H2,(H,21,23);1-10,15,22H,11-12H2,(H,18,20)(H,19,21);3-4,9H,5-8H2,1-2H3,(H,14,17)(H,15,18);1-5,8,15H,6H2. The van der Waals surface area contributed by atoms with E-state index in [-0.39, 0.29) is 48.9 Å². The first-order valence-electron chi connectivity index (χ1n) is 24.7. The van der Waals surface area contributed by atoms with Crippen molar-refractivity contribution in [1.29, 1.82) is 0 Å². The number of Topliss-reactive ketones (excluding diaryl/α,β-unsaturated/α-hetero) is 2. The number of carbonyl (C=O) groups is 7. The van der Waals surface area contributed by atoms with Crippen molar-refractivity contribution in [2.24, 2.45) is 0 Å². The van der Waals surface area contributed by atoms with Crippen LogP contribution < -0.4 is 36.3 Å². The van der Waals surface area contributed by atoms with E-state index < -0.39 is 59.8 Å². The topological polar surface area (TPSA) is 252 Å². The lowest BCUT2D eigenvalue weighted by Gasteiger charge is -2.19. The summed E-state index contributed by atoms with van der Waals surface area (Å²) >= 11 is 5.15. The maximum atomic E-state index is 12.8. The maximum absolute atomic E-state index is 12.8. The molecule has 25 heteroatoms. The van der Waals surface area contributed by atoms with E-state index >= 15 is 0 Å². The smallest absolute Gasteiger partial charge is 0.452 e. The predicted octanol–water partition coefficient (Wildman–Crippen LogP) is 6.76. The molecule has 0 aliphatic heterocycles. The molecule has 0 saturated carbocycles. The lowest BCUT2D eigenvalue weighted by molar-refractivity contribution is -0.173. The molecule has 0 fully saturated rings. The minimum absolute atomic E-state index is 0.0946. The van der Waals surface area contributed by atoms with Crippen LogP contribution in [0, 0.1) is 0 Å². The normalized spacial score (nSPS) is 11.8.